The number of rotatable bonds is 6. The molecule has 0 aliphatic carbocycles. The molecule has 3 aromatic rings. The number of aromatic nitrogens is 2. The van der Waals surface area contributed by atoms with Crippen LogP contribution in [0.5, 0.6) is 0 Å². The van der Waals surface area contributed by atoms with Gasteiger partial charge >= 0.3 is 0 Å². The maximum Gasteiger partial charge on any atom is 0.255 e. The summed E-state index contributed by atoms with van der Waals surface area (Å²) >= 11 is 0. The van der Waals surface area contributed by atoms with Gasteiger partial charge in [0.05, 0.1) is 35.4 Å². The van der Waals surface area contributed by atoms with Crippen LogP contribution in [0.25, 0.3) is 5.69 Å². The number of furan rings is 1. The topological polar surface area (TPSA) is 60.1 Å². The van der Waals surface area contributed by atoms with Crippen LogP contribution in [0, 0.1) is 6.92 Å². The number of amides is 1. The third kappa shape index (κ3) is 3.97. The molecule has 27 heavy (non-hydrogen) atoms. The molecule has 3 rings (SSSR count). The van der Waals surface area contributed by atoms with E-state index >= 15 is 0 Å². The van der Waals surface area contributed by atoms with E-state index in [-0.39, 0.29) is 17.7 Å². The van der Waals surface area contributed by atoms with Gasteiger partial charge in [-0.05, 0) is 43.0 Å². The minimum absolute atomic E-state index is 0.114. The van der Waals surface area contributed by atoms with E-state index in [0.717, 1.165) is 22.8 Å². The van der Waals surface area contributed by atoms with E-state index < -0.39 is 0 Å². The molecule has 0 aliphatic heterocycles. The van der Waals surface area contributed by atoms with E-state index in [9.17, 15) is 4.79 Å². The highest BCUT2D eigenvalue weighted by molar-refractivity contribution is 5.97. The lowest BCUT2D eigenvalue weighted by molar-refractivity contribution is 0.0945. The number of nitrogens with one attached hydrogen (secondary N) is 1. The average Bonchev–Trinajstić information content (AvgIpc) is 3.28. The summed E-state index contributed by atoms with van der Waals surface area (Å²) in [6.45, 7) is 10.7. The highest BCUT2D eigenvalue weighted by Gasteiger charge is 2.27. The second kappa shape index (κ2) is 7.82. The van der Waals surface area contributed by atoms with Crippen molar-refractivity contribution in [2.24, 2.45) is 0 Å². The maximum atomic E-state index is 13.1. The quantitative estimate of drug-likeness (QED) is 0.672. The Labute approximate surface area is 160 Å². The largest absolute Gasteiger partial charge is 0.467 e. The van der Waals surface area contributed by atoms with Crippen LogP contribution in [-0.2, 0) is 6.54 Å². The van der Waals surface area contributed by atoms with Gasteiger partial charge < -0.3 is 9.73 Å². The number of carbonyl (C=O) groups excluding carboxylic acids is 1. The summed E-state index contributed by atoms with van der Waals surface area (Å²) in [5.74, 6) is 0.901. The smallest absolute Gasteiger partial charge is 0.255 e. The fraction of sp³-hybridized carbons (Fsp3) is 0.364. The second-order valence-electron chi connectivity index (χ2n) is 7.46. The van der Waals surface area contributed by atoms with Gasteiger partial charge in [-0.3, -0.25) is 4.79 Å². The van der Waals surface area contributed by atoms with Crippen molar-refractivity contribution >= 4 is 5.91 Å². The van der Waals surface area contributed by atoms with Gasteiger partial charge in [-0.25, -0.2) is 4.68 Å². The zero-order valence-electron chi connectivity index (χ0n) is 16.6. The van der Waals surface area contributed by atoms with E-state index in [4.69, 9.17) is 9.52 Å². The Morgan fingerprint density at radius 2 is 1.81 bits per heavy atom. The van der Waals surface area contributed by atoms with E-state index in [0.29, 0.717) is 12.1 Å². The molecule has 1 aromatic carbocycles. The van der Waals surface area contributed by atoms with Crippen molar-refractivity contribution in [1.29, 1.82) is 0 Å². The molecule has 0 unspecified atom stereocenters. The zero-order chi connectivity index (χ0) is 19.6. The molecule has 0 aliphatic rings. The third-order valence-corrected chi connectivity index (χ3v) is 4.55. The molecular formula is C22H27N3O2. The van der Waals surface area contributed by atoms with Crippen LogP contribution in [0.1, 0.15) is 72.6 Å². The van der Waals surface area contributed by atoms with Crippen molar-refractivity contribution in [1.82, 2.24) is 15.1 Å². The van der Waals surface area contributed by atoms with Gasteiger partial charge in [-0.2, -0.15) is 5.10 Å². The second-order valence-corrected chi connectivity index (χ2v) is 7.46. The zero-order valence-corrected chi connectivity index (χ0v) is 16.6. The van der Waals surface area contributed by atoms with Crippen LogP contribution in [0.4, 0.5) is 0 Å². The minimum atomic E-state index is -0.114. The first-order chi connectivity index (χ1) is 12.9. The average molecular weight is 365 g/mol. The molecular weight excluding hydrogens is 338 g/mol. The van der Waals surface area contributed by atoms with Crippen molar-refractivity contribution in [2.45, 2.75) is 53.0 Å². The van der Waals surface area contributed by atoms with Gasteiger partial charge in [0.2, 0.25) is 0 Å². The summed E-state index contributed by atoms with van der Waals surface area (Å²) in [6, 6.07) is 11.9. The molecule has 0 bridgehead atoms. The molecule has 2 aromatic heterocycles. The number of carbonyl (C=O) groups is 1. The molecule has 142 valence electrons. The lowest BCUT2D eigenvalue weighted by Crippen LogP contribution is -2.25. The summed E-state index contributed by atoms with van der Waals surface area (Å²) in [6.07, 6.45) is 1.61. The number of aryl methyl sites for hydroxylation is 1. The normalized spacial score (nSPS) is 11.4. The van der Waals surface area contributed by atoms with Crippen LogP contribution in [-0.4, -0.2) is 15.7 Å². The summed E-state index contributed by atoms with van der Waals surface area (Å²) in [5.41, 5.74) is 4.58. The molecule has 0 atom stereocenters. The molecule has 0 saturated carbocycles. The molecule has 0 spiro atoms. The summed E-state index contributed by atoms with van der Waals surface area (Å²) in [7, 11) is 0. The Morgan fingerprint density at radius 3 is 2.37 bits per heavy atom. The van der Waals surface area contributed by atoms with Crippen molar-refractivity contribution in [2.75, 3.05) is 0 Å². The van der Waals surface area contributed by atoms with Crippen molar-refractivity contribution < 1.29 is 9.21 Å². The van der Waals surface area contributed by atoms with Crippen LogP contribution in [0.3, 0.4) is 0 Å². The molecule has 5 heteroatoms. The highest BCUT2D eigenvalue weighted by Crippen LogP contribution is 2.30. The molecule has 0 radical (unpaired) electrons. The first-order valence-corrected chi connectivity index (χ1v) is 9.39. The monoisotopic (exact) mass is 365 g/mol. The van der Waals surface area contributed by atoms with Gasteiger partial charge in [0.25, 0.3) is 5.91 Å². The van der Waals surface area contributed by atoms with E-state index in [1.165, 1.54) is 5.56 Å². The molecule has 0 saturated heterocycles. The van der Waals surface area contributed by atoms with Gasteiger partial charge in [0, 0.05) is 0 Å². The minimum Gasteiger partial charge on any atom is -0.467 e. The van der Waals surface area contributed by atoms with Crippen LogP contribution < -0.4 is 5.32 Å². The van der Waals surface area contributed by atoms with Crippen LogP contribution >= 0.6 is 0 Å². The lowest BCUT2D eigenvalue weighted by atomic mass is 9.98. The Hall–Kier alpha value is -2.82. The van der Waals surface area contributed by atoms with Crippen LogP contribution in [0.15, 0.2) is 47.1 Å². The highest BCUT2D eigenvalue weighted by atomic mass is 16.3. The first-order valence-electron chi connectivity index (χ1n) is 9.39. The standard InChI is InChI=1S/C22H27N3O2/c1-14(2)20-19(22(26)23-13-18-7-6-12-27-18)21(15(3)4)25(24-20)17-10-8-16(5)9-11-17/h6-12,14-15H,13H2,1-5H3,(H,23,26). The fourth-order valence-corrected chi connectivity index (χ4v) is 3.17. The summed E-state index contributed by atoms with van der Waals surface area (Å²) in [4.78, 5) is 13.1. The van der Waals surface area contributed by atoms with Crippen molar-refractivity contribution in [3.05, 3.63) is 70.9 Å². The van der Waals surface area contributed by atoms with Gasteiger partial charge in [0.15, 0.2) is 0 Å². The third-order valence-electron chi connectivity index (χ3n) is 4.55. The summed E-state index contributed by atoms with van der Waals surface area (Å²) in [5, 5.41) is 7.81. The van der Waals surface area contributed by atoms with Gasteiger partial charge in [-0.1, -0.05) is 45.4 Å². The van der Waals surface area contributed by atoms with Crippen molar-refractivity contribution in [3.8, 4) is 5.69 Å². The lowest BCUT2D eigenvalue weighted by Gasteiger charge is -2.13. The maximum absolute atomic E-state index is 13.1. The molecule has 2 heterocycles. The Kier molecular flexibility index (Phi) is 5.49. The fourth-order valence-electron chi connectivity index (χ4n) is 3.17. The van der Waals surface area contributed by atoms with E-state index in [2.05, 4.69) is 52.1 Å². The van der Waals surface area contributed by atoms with Crippen molar-refractivity contribution in [3.63, 3.8) is 0 Å². The number of nitrogens with zero attached hydrogens (tertiary/aromatic N) is 2. The predicted molar refractivity (Wildman–Crippen MR) is 106 cm³/mol. The summed E-state index contributed by atoms with van der Waals surface area (Å²) < 4.78 is 7.24. The SMILES string of the molecule is Cc1ccc(-n2nc(C(C)C)c(C(=O)NCc3ccco3)c2C(C)C)cc1. The van der Waals surface area contributed by atoms with Crippen LogP contribution in [0.2, 0.25) is 0 Å². The Bertz CT molecular complexity index is 904. The predicted octanol–water partition coefficient (Wildman–Crippen LogP) is 4.95. The number of hydrogen-bond donors (Lipinski definition) is 1. The molecule has 5 nitrogen and oxygen atoms in total. The molecule has 1 amide bonds. The van der Waals surface area contributed by atoms with Gasteiger partial charge in [-0.15, -0.1) is 0 Å². The van der Waals surface area contributed by atoms with E-state index in [1.807, 2.05) is 28.9 Å². The Balaban J connectivity index is 2.04. The molecule has 0 fully saturated rings. The molecule has 1 N–H and O–H groups in total. The Morgan fingerprint density at radius 1 is 1.11 bits per heavy atom. The number of hydrogen-bond acceptors (Lipinski definition) is 3. The van der Waals surface area contributed by atoms with E-state index in [1.54, 1.807) is 6.26 Å². The number of benzene rings is 1. The van der Waals surface area contributed by atoms with Gasteiger partial charge in [0.1, 0.15) is 5.76 Å². The first kappa shape index (κ1) is 19.0.